The summed E-state index contributed by atoms with van der Waals surface area (Å²) in [5.41, 5.74) is 1.31. The van der Waals surface area contributed by atoms with Crippen molar-refractivity contribution in [2.75, 3.05) is 13.7 Å². The van der Waals surface area contributed by atoms with Gasteiger partial charge in [-0.25, -0.2) is 9.78 Å². The van der Waals surface area contributed by atoms with Gasteiger partial charge in [-0.15, -0.1) is 0 Å². The van der Waals surface area contributed by atoms with Crippen molar-refractivity contribution in [3.05, 3.63) is 48.7 Å². The number of esters is 1. The van der Waals surface area contributed by atoms with Crippen molar-refractivity contribution < 1.29 is 14.3 Å². The molecule has 0 saturated heterocycles. The molecule has 0 aliphatic heterocycles. The number of methoxy groups -OCH3 is 1. The summed E-state index contributed by atoms with van der Waals surface area (Å²) in [5, 5.41) is 0.994. The average molecular weight is 367 g/mol. The molecule has 6 heteroatoms. The molecule has 2 aromatic heterocycles. The van der Waals surface area contributed by atoms with Crippen LogP contribution in [0.2, 0.25) is 0 Å². The number of hydrogen-bond acceptors (Lipinski definition) is 4. The number of carbonyl (C=O) groups excluding carboxylic acids is 1. The largest absolute Gasteiger partial charge is 0.489 e. The topological polar surface area (TPSA) is 58.3 Å². The molecule has 4 rings (SSSR count). The Bertz CT molecular complexity index is 953. The van der Waals surface area contributed by atoms with E-state index in [2.05, 4.69) is 23.4 Å². The summed E-state index contributed by atoms with van der Waals surface area (Å²) < 4.78 is 15.4. The Labute approximate surface area is 158 Å². The van der Waals surface area contributed by atoms with E-state index < -0.39 is 0 Å². The van der Waals surface area contributed by atoms with Crippen LogP contribution in [-0.4, -0.2) is 33.8 Å². The fourth-order valence-corrected chi connectivity index (χ4v) is 3.37. The second-order valence-corrected chi connectivity index (χ2v) is 7.84. The molecule has 3 aromatic rings. The van der Waals surface area contributed by atoms with Gasteiger partial charge in [0, 0.05) is 24.3 Å². The summed E-state index contributed by atoms with van der Waals surface area (Å²) in [6, 6.07) is 7.84. The third-order valence-corrected chi connectivity index (χ3v) is 5.20. The van der Waals surface area contributed by atoms with E-state index in [9.17, 15) is 4.79 Å². The van der Waals surface area contributed by atoms with Gasteiger partial charge in [0.2, 0.25) is 0 Å². The van der Waals surface area contributed by atoms with E-state index >= 15 is 0 Å². The Hall–Kier alpha value is -2.76. The zero-order valence-electron chi connectivity index (χ0n) is 16.0. The van der Waals surface area contributed by atoms with Crippen LogP contribution in [0, 0.1) is 5.92 Å². The second kappa shape index (κ2) is 6.76. The van der Waals surface area contributed by atoms with Crippen LogP contribution in [0.15, 0.2) is 43.0 Å². The quantitative estimate of drug-likeness (QED) is 0.595. The first-order chi connectivity index (χ1) is 13.0. The van der Waals surface area contributed by atoms with Gasteiger partial charge in [0.15, 0.2) is 0 Å². The Kier molecular flexibility index (Phi) is 4.42. The summed E-state index contributed by atoms with van der Waals surface area (Å²) in [6.07, 6.45) is 7.92. The van der Waals surface area contributed by atoms with Gasteiger partial charge in [0.25, 0.3) is 0 Å². The van der Waals surface area contributed by atoms with Crippen molar-refractivity contribution in [3.63, 3.8) is 0 Å². The van der Waals surface area contributed by atoms with Crippen LogP contribution in [0.5, 0.6) is 5.75 Å². The highest BCUT2D eigenvalue weighted by atomic mass is 16.5. The molecule has 1 aliphatic carbocycles. The standard InChI is InChI=1S/C21H25N3O3/c1-21(2,23-10-9-22-14-23)13-27-18-6-4-5-16-11-17(20(25)26-3)24(19(16)18)12-15-7-8-15/h4-6,9-11,14-15H,7-8,12-13H2,1-3H3. The molecular formula is C21H25N3O3. The van der Waals surface area contributed by atoms with E-state index in [0.717, 1.165) is 23.2 Å². The van der Waals surface area contributed by atoms with Crippen molar-refractivity contribution in [1.82, 2.24) is 14.1 Å². The second-order valence-electron chi connectivity index (χ2n) is 7.84. The minimum Gasteiger partial charge on any atom is -0.489 e. The lowest BCUT2D eigenvalue weighted by Crippen LogP contribution is -2.32. The number of fused-ring (bicyclic) bond motifs is 1. The van der Waals surface area contributed by atoms with Crippen LogP contribution in [-0.2, 0) is 16.8 Å². The molecule has 2 heterocycles. The van der Waals surface area contributed by atoms with E-state index in [1.54, 1.807) is 12.5 Å². The summed E-state index contributed by atoms with van der Waals surface area (Å²) in [5.74, 6) is 1.10. The van der Waals surface area contributed by atoms with Crippen molar-refractivity contribution >= 4 is 16.9 Å². The van der Waals surface area contributed by atoms with Crippen LogP contribution in [0.1, 0.15) is 37.2 Å². The third-order valence-electron chi connectivity index (χ3n) is 5.20. The number of imidazole rings is 1. The van der Waals surface area contributed by atoms with Gasteiger partial charge in [-0.05, 0) is 44.7 Å². The maximum absolute atomic E-state index is 12.3. The number of benzene rings is 1. The van der Waals surface area contributed by atoms with Crippen LogP contribution in [0.4, 0.5) is 0 Å². The minimum atomic E-state index is -0.309. The number of nitrogens with zero attached hydrogens (tertiary/aromatic N) is 3. The zero-order valence-corrected chi connectivity index (χ0v) is 16.0. The fraction of sp³-hybridized carbons (Fsp3) is 0.429. The minimum absolute atomic E-state index is 0.238. The zero-order chi connectivity index (χ0) is 19.0. The van der Waals surface area contributed by atoms with E-state index in [1.807, 2.05) is 35.0 Å². The molecule has 0 amide bonds. The van der Waals surface area contributed by atoms with Gasteiger partial charge >= 0.3 is 5.97 Å². The smallest absolute Gasteiger partial charge is 0.354 e. The van der Waals surface area contributed by atoms with Crippen molar-refractivity contribution in [3.8, 4) is 5.75 Å². The number of carbonyl (C=O) groups is 1. The van der Waals surface area contributed by atoms with E-state index in [1.165, 1.54) is 20.0 Å². The first-order valence-electron chi connectivity index (χ1n) is 9.31. The van der Waals surface area contributed by atoms with Gasteiger partial charge in [-0.3, -0.25) is 0 Å². The number of aromatic nitrogens is 3. The predicted molar refractivity (Wildman–Crippen MR) is 103 cm³/mol. The highest BCUT2D eigenvalue weighted by Gasteiger charge is 2.27. The highest BCUT2D eigenvalue weighted by molar-refractivity contribution is 5.97. The molecule has 6 nitrogen and oxygen atoms in total. The number of rotatable bonds is 7. The molecule has 27 heavy (non-hydrogen) atoms. The number of ether oxygens (including phenoxy) is 2. The van der Waals surface area contributed by atoms with Crippen LogP contribution >= 0.6 is 0 Å². The lowest BCUT2D eigenvalue weighted by atomic mass is 10.1. The van der Waals surface area contributed by atoms with Gasteiger partial charge < -0.3 is 18.6 Å². The Balaban J connectivity index is 1.70. The van der Waals surface area contributed by atoms with E-state index in [0.29, 0.717) is 18.2 Å². The summed E-state index contributed by atoms with van der Waals surface area (Å²) in [6.45, 7) is 5.53. The van der Waals surface area contributed by atoms with Gasteiger partial charge in [0.05, 0.1) is 24.5 Å². The molecule has 0 unspecified atom stereocenters. The lowest BCUT2D eigenvalue weighted by molar-refractivity contribution is 0.0588. The molecule has 1 aliphatic rings. The maximum atomic E-state index is 12.3. The average Bonchev–Trinajstić information content (AvgIpc) is 3.16. The maximum Gasteiger partial charge on any atom is 0.354 e. The predicted octanol–water partition coefficient (Wildman–Crippen LogP) is 3.85. The lowest BCUT2D eigenvalue weighted by Gasteiger charge is -2.26. The molecule has 0 bridgehead atoms. The van der Waals surface area contributed by atoms with Crippen molar-refractivity contribution in [2.24, 2.45) is 5.92 Å². The summed E-state index contributed by atoms with van der Waals surface area (Å²) in [4.78, 5) is 16.4. The van der Waals surface area contributed by atoms with Gasteiger partial charge in [-0.2, -0.15) is 0 Å². The Morgan fingerprint density at radius 3 is 2.81 bits per heavy atom. The van der Waals surface area contributed by atoms with E-state index in [4.69, 9.17) is 9.47 Å². The fourth-order valence-electron chi connectivity index (χ4n) is 3.37. The Morgan fingerprint density at radius 1 is 1.33 bits per heavy atom. The SMILES string of the molecule is COC(=O)c1cc2cccc(OCC(C)(C)n3ccnc3)c2n1CC1CC1. The van der Waals surface area contributed by atoms with Crippen LogP contribution in [0.25, 0.3) is 10.9 Å². The Morgan fingerprint density at radius 2 is 2.15 bits per heavy atom. The molecule has 0 spiro atoms. The highest BCUT2D eigenvalue weighted by Crippen LogP contribution is 2.36. The van der Waals surface area contributed by atoms with E-state index in [-0.39, 0.29) is 11.5 Å². The molecule has 0 atom stereocenters. The molecule has 1 aromatic carbocycles. The number of hydrogen-bond donors (Lipinski definition) is 0. The van der Waals surface area contributed by atoms with Gasteiger partial charge in [-0.1, -0.05) is 12.1 Å². The van der Waals surface area contributed by atoms with Gasteiger partial charge in [0.1, 0.15) is 18.1 Å². The number of para-hydroxylation sites is 1. The third kappa shape index (κ3) is 3.44. The first-order valence-corrected chi connectivity index (χ1v) is 9.31. The van der Waals surface area contributed by atoms with Crippen molar-refractivity contribution in [1.29, 1.82) is 0 Å². The summed E-state index contributed by atoms with van der Waals surface area (Å²) >= 11 is 0. The summed E-state index contributed by atoms with van der Waals surface area (Å²) in [7, 11) is 1.42. The van der Waals surface area contributed by atoms with Crippen molar-refractivity contribution in [2.45, 2.75) is 38.8 Å². The molecule has 1 saturated carbocycles. The molecular weight excluding hydrogens is 342 g/mol. The normalized spacial score (nSPS) is 14.5. The van der Waals surface area contributed by atoms with Crippen LogP contribution in [0.3, 0.4) is 0 Å². The molecule has 142 valence electrons. The van der Waals surface area contributed by atoms with Crippen LogP contribution < -0.4 is 4.74 Å². The molecule has 0 radical (unpaired) electrons. The molecule has 1 fully saturated rings. The first kappa shape index (κ1) is 17.6. The monoisotopic (exact) mass is 367 g/mol. The molecule has 0 N–H and O–H groups in total.